The Hall–Kier alpha value is -1.02. The van der Waals surface area contributed by atoms with Crippen LogP contribution in [-0.4, -0.2) is 9.38 Å². The molecule has 0 saturated heterocycles. The summed E-state index contributed by atoms with van der Waals surface area (Å²) in [4.78, 5) is 4.67. The second kappa shape index (κ2) is 3.49. The molecule has 2 unspecified atom stereocenters. The minimum absolute atomic E-state index is 0.567. The Morgan fingerprint density at radius 2 is 2.25 bits per heavy atom. The number of aromatic nitrogens is 2. The van der Waals surface area contributed by atoms with Gasteiger partial charge in [-0.2, -0.15) is 0 Å². The van der Waals surface area contributed by atoms with Crippen LogP contribution in [-0.2, 0) is 6.42 Å². The molecule has 2 nitrogen and oxygen atoms in total. The van der Waals surface area contributed by atoms with Crippen molar-refractivity contribution in [1.82, 2.24) is 9.38 Å². The van der Waals surface area contributed by atoms with Gasteiger partial charge in [-0.25, -0.2) is 4.98 Å². The van der Waals surface area contributed by atoms with Gasteiger partial charge in [-0.1, -0.05) is 25.4 Å². The van der Waals surface area contributed by atoms with Gasteiger partial charge in [0.1, 0.15) is 0 Å². The maximum absolute atomic E-state index is 6.18. The highest BCUT2D eigenvalue weighted by Crippen LogP contribution is 2.36. The van der Waals surface area contributed by atoms with Gasteiger partial charge in [0, 0.05) is 17.8 Å². The van der Waals surface area contributed by atoms with E-state index in [9.17, 15) is 0 Å². The highest BCUT2D eigenvalue weighted by atomic mass is 35.5. The zero-order valence-electron chi connectivity index (χ0n) is 9.57. The van der Waals surface area contributed by atoms with E-state index < -0.39 is 0 Å². The number of rotatable bonds is 0. The first-order chi connectivity index (χ1) is 7.68. The quantitative estimate of drug-likeness (QED) is 0.680. The number of imidazole rings is 1. The molecule has 1 aliphatic carbocycles. The van der Waals surface area contributed by atoms with Crippen molar-refractivity contribution in [3.8, 4) is 0 Å². The molecular formula is C13H15ClN2. The standard InChI is InChI=1S/C13H15ClN2/c1-8-5-6-11-12(9(8)2)16-7-3-4-10(14)13(16)15-11/h3-4,7-9H,5-6H2,1-2H3. The summed E-state index contributed by atoms with van der Waals surface area (Å²) in [6.07, 6.45) is 4.39. The summed E-state index contributed by atoms with van der Waals surface area (Å²) in [7, 11) is 0. The topological polar surface area (TPSA) is 17.3 Å². The van der Waals surface area contributed by atoms with E-state index in [0.29, 0.717) is 5.92 Å². The van der Waals surface area contributed by atoms with Crippen molar-refractivity contribution in [3.63, 3.8) is 0 Å². The molecule has 3 rings (SSSR count). The van der Waals surface area contributed by atoms with Crippen LogP contribution >= 0.6 is 11.6 Å². The average Bonchev–Trinajstić information content (AvgIpc) is 2.64. The van der Waals surface area contributed by atoms with Crippen LogP contribution < -0.4 is 0 Å². The molecule has 0 spiro atoms. The summed E-state index contributed by atoms with van der Waals surface area (Å²) in [5.41, 5.74) is 3.50. The second-order valence-electron chi connectivity index (χ2n) is 4.80. The first-order valence-electron chi connectivity index (χ1n) is 5.84. The summed E-state index contributed by atoms with van der Waals surface area (Å²) in [5, 5.41) is 0.747. The molecule has 0 radical (unpaired) electrons. The Labute approximate surface area is 100 Å². The lowest BCUT2D eigenvalue weighted by atomic mass is 9.82. The van der Waals surface area contributed by atoms with Crippen molar-refractivity contribution in [2.45, 2.75) is 32.6 Å². The van der Waals surface area contributed by atoms with Crippen LogP contribution in [0.1, 0.15) is 37.6 Å². The van der Waals surface area contributed by atoms with Crippen LogP contribution in [0, 0.1) is 5.92 Å². The molecule has 2 atom stereocenters. The van der Waals surface area contributed by atoms with Gasteiger partial charge in [0.25, 0.3) is 0 Å². The number of nitrogens with zero attached hydrogens (tertiary/aromatic N) is 2. The van der Waals surface area contributed by atoms with Gasteiger partial charge in [-0.05, 0) is 30.9 Å². The van der Waals surface area contributed by atoms with Crippen LogP contribution in [0.25, 0.3) is 5.65 Å². The van der Waals surface area contributed by atoms with E-state index in [4.69, 9.17) is 11.6 Å². The molecule has 2 aromatic heterocycles. The molecule has 2 heterocycles. The van der Waals surface area contributed by atoms with Gasteiger partial charge < -0.3 is 4.40 Å². The summed E-state index contributed by atoms with van der Waals surface area (Å²) in [6, 6.07) is 3.90. The maximum atomic E-state index is 6.18. The normalized spacial score (nSPS) is 24.7. The van der Waals surface area contributed by atoms with Crippen molar-refractivity contribution in [2.24, 2.45) is 5.92 Å². The predicted molar refractivity (Wildman–Crippen MR) is 66.1 cm³/mol. The van der Waals surface area contributed by atoms with Crippen molar-refractivity contribution in [3.05, 3.63) is 34.7 Å². The molecular weight excluding hydrogens is 220 g/mol. The van der Waals surface area contributed by atoms with E-state index in [1.54, 1.807) is 0 Å². The number of pyridine rings is 1. The van der Waals surface area contributed by atoms with E-state index in [1.165, 1.54) is 17.8 Å². The van der Waals surface area contributed by atoms with E-state index in [2.05, 4.69) is 29.4 Å². The van der Waals surface area contributed by atoms with Gasteiger partial charge >= 0.3 is 0 Å². The second-order valence-corrected chi connectivity index (χ2v) is 5.21. The summed E-state index contributed by atoms with van der Waals surface area (Å²) in [6.45, 7) is 4.61. The van der Waals surface area contributed by atoms with Crippen LogP contribution in [0.2, 0.25) is 5.02 Å². The third-order valence-electron chi connectivity index (χ3n) is 3.84. The number of hydrogen-bond donors (Lipinski definition) is 0. The Morgan fingerprint density at radius 1 is 1.44 bits per heavy atom. The van der Waals surface area contributed by atoms with Crippen molar-refractivity contribution >= 4 is 17.2 Å². The highest BCUT2D eigenvalue weighted by molar-refractivity contribution is 6.33. The van der Waals surface area contributed by atoms with Gasteiger partial charge in [0.05, 0.1) is 10.7 Å². The molecule has 1 aliphatic rings. The largest absolute Gasteiger partial charge is 0.302 e. The lowest BCUT2D eigenvalue weighted by molar-refractivity contribution is 0.414. The smallest absolute Gasteiger partial charge is 0.156 e. The number of hydrogen-bond acceptors (Lipinski definition) is 1. The highest BCUT2D eigenvalue weighted by Gasteiger charge is 2.27. The molecule has 0 bridgehead atoms. The molecule has 0 amide bonds. The van der Waals surface area contributed by atoms with E-state index >= 15 is 0 Å². The van der Waals surface area contributed by atoms with Gasteiger partial charge in [0.15, 0.2) is 5.65 Å². The molecule has 84 valence electrons. The molecule has 0 saturated carbocycles. The average molecular weight is 235 g/mol. The first-order valence-corrected chi connectivity index (χ1v) is 6.21. The summed E-state index contributed by atoms with van der Waals surface area (Å²) >= 11 is 6.18. The summed E-state index contributed by atoms with van der Waals surface area (Å²) < 4.78 is 2.16. The van der Waals surface area contributed by atoms with Crippen molar-refractivity contribution in [1.29, 1.82) is 0 Å². The molecule has 16 heavy (non-hydrogen) atoms. The monoisotopic (exact) mass is 234 g/mol. The Bertz CT molecular complexity index is 544. The SMILES string of the molecule is CC1CCc2nc3c(Cl)cccn3c2C1C. The molecule has 0 aliphatic heterocycles. The van der Waals surface area contributed by atoms with E-state index in [1.807, 2.05) is 12.1 Å². The fourth-order valence-electron chi connectivity index (χ4n) is 2.65. The molecule has 0 aromatic carbocycles. The van der Waals surface area contributed by atoms with Gasteiger partial charge in [-0.3, -0.25) is 0 Å². The van der Waals surface area contributed by atoms with Crippen molar-refractivity contribution in [2.75, 3.05) is 0 Å². The number of halogens is 1. The Balaban J connectivity index is 2.32. The molecule has 3 heteroatoms. The fourth-order valence-corrected chi connectivity index (χ4v) is 2.86. The minimum Gasteiger partial charge on any atom is -0.302 e. The number of aryl methyl sites for hydroxylation is 1. The fraction of sp³-hybridized carbons (Fsp3) is 0.462. The van der Waals surface area contributed by atoms with Crippen LogP contribution in [0.15, 0.2) is 18.3 Å². The first kappa shape index (κ1) is 10.2. The van der Waals surface area contributed by atoms with Crippen LogP contribution in [0.5, 0.6) is 0 Å². The van der Waals surface area contributed by atoms with Gasteiger partial charge in [0.2, 0.25) is 0 Å². The zero-order valence-corrected chi connectivity index (χ0v) is 10.3. The van der Waals surface area contributed by atoms with Crippen LogP contribution in [0.3, 0.4) is 0 Å². The predicted octanol–water partition coefficient (Wildman–Crippen LogP) is 3.67. The molecule has 0 fully saturated rings. The lowest BCUT2D eigenvalue weighted by Crippen LogP contribution is -2.17. The lowest BCUT2D eigenvalue weighted by Gasteiger charge is -2.25. The van der Waals surface area contributed by atoms with Gasteiger partial charge in [-0.15, -0.1) is 0 Å². The molecule has 2 aromatic rings. The minimum atomic E-state index is 0.567. The Kier molecular flexibility index (Phi) is 2.21. The van der Waals surface area contributed by atoms with Crippen molar-refractivity contribution < 1.29 is 0 Å². The van der Waals surface area contributed by atoms with E-state index in [0.717, 1.165) is 23.0 Å². The zero-order chi connectivity index (χ0) is 11.3. The number of fused-ring (bicyclic) bond motifs is 3. The Morgan fingerprint density at radius 3 is 3.06 bits per heavy atom. The summed E-state index contributed by atoms with van der Waals surface area (Å²) in [5.74, 6) is 1.29. The third-order valence-corrected chi connectivity index (χ3v) is 4.13. The third kappa shape index (κ3) is 1.29. The molecule has 0 N–H and O–H groups in total. The maximum Gasteiger partial charge on any atom is 0.156 e. The van der Waals surface area contributed by atoms with E-state index in [-0.39, 0.29) is 0 Å². The van der Waals surface area contributed by atoms with Crippen LogP contribution in [0.4, 0.5) is 0 Å².